The van der Waals surface area contributed by atoms with E-state index in [0.29, 0.717) is 17.5 Å². The number of para-hydroxylation sites is 4. The number of hydrogen-bond acceptors (Lipinski definition) is 7. The topological polar surface area (TPSA) is 45.2 Å². The van der Waals surface area contributed by atoms with Crippen molar-refractivity contribution in [2.24, 2.45) is 0 Å². The summed E-state index contributed by atoms with van der Waals surface area (Å²) in [5, 5.41) is 0. The first-order valence-corrected chi connectivity index (χ1v) is 26.0. The Bertz CT molecular complexity index is 3660. The number of rotatable bonds is 5. The van der Waals surface area contributed by atoms with Crippen molar-refractivity contribution in [1.82, 2.24) is 15.0 Å². The summed E-state index contributed by atoms with van der Waals surface area (Å²) in [6.45, 7) is 0. The van der Waals surface area contributed by atoms with E-state index in [4.69, 9.17) is 15.0 Å². The van der Waals surface area contributed by atoms with Gasteiger partial charge in [-0.15, -0.1) is 0 Å². The third kappa shape index (κ3) is 7.48. The first-order valence-electron chi connectivity index (χ1n) is 24.3. The molecule has 5 nitrogen and oxygen atoms in total. The summed E-state index contributed by atoms with van der Waals surface area (Å²) in [5.74, 6) is 1.86. The highest BCUT2D eigenvalue weighted by Crippen LogP contribution is 2.53. The molecule has 11 aromatic rings. The van der Waals surface area contributed by atoms with E-state index in [-0.39, 0.29) is 0 Å². The normalized spacial score (nSPS) is 13.0. The molecule has 7 heteroatoms. The van der Waals surface area contributed by atoms with Crippen molar-refractivity contribution in [2.45, 2.75) is 32.4 Å². The minimum absolute atomic E-state index is 0.615. The van der Waals surface area contributed by atoms with Gasteiger partial charge in [0.05, 0.1) is 22.7 Å². The summed E-state index contributed by atoms with van der Waals surface area (Å²) in [4.78, 5) is 25.6. The van der Waals surface area contributed by atoms with Crippen molar-refractivity contribution >= 4 is 57.6 Å². The maximum atomic E-state index is 5.35. The number of nitrogens with zero attached hydrogens (tertiary/aromatic N) is 5. The van der Waals surface area contributed by atoms with Gasteiger partial charge in [-0.1, -0.05) is 157 Å². The number of hydrogen-bond donors (Lipinski definition) is 0. The van der Waals surface area contributed by atoms with Crippen LogP contribution in [0.4, 0.5) is 34.1 Å². The molecular formula is C65H43N5S2. The summed E-state index contributed by atoms with van der Waals surface area (Å²) in [7, 11) is 0. The second kappa shape index (κ2) is 17.7. The Morgan fingerprint density at radius 3 is 0.986 bits per heavy atom. The molecule has 3 aliphatic rings. The highest BCUT2D eigenvalue weighted by Gasteiger charge is 2.27. The molecule has 1 aromatic heterocycles. The van der Waals surface area contributed by atoms with Crippen molar-refractivity contribution in [3.63, 3.8) is 0 Å². The van der Waals surface area contributed by atoms with E-state index < -0.39 is 0 Å². The molecule has 0 bridgehead atoms. The van der Waals surface area contributed by atoms with Crippen molar-refractivity contribution in [1.29, 1.82) is 0 Å². The molecule has 0 atom stereocenters. The monoisotopic (exact) mass is 957 g/mol. The van der Waals surface area contributed by atoms with Crippen LogP contribution in [0.15, 0.2) is 256 Å². The molecule has 10 aromatic carbocycles. The lowest BCUT2D eigenvalue weighted by molar-refractivity contribution is 1.07. The number of benzene rings is 10. The molecule has 0 fully saturated rings. The van der Waals surface area contributed by atoms with Gasteiger partial charge in [-0.05, 0) is 160 Å². The van der Waals surface area contributed by atoms with Crippen molar-refractivity contribution < 1.29 is 0 Å². The van der Waals surface area contributed by atoms with E-state index in [1.807, 2.05) is 23.5 Å². The lowest BCUT2D eigenvalue weighted by Gasteiger charge is -2.32. The molecule has 0 saturated heterocycles. The van der Waals surface area contributed by atoms with Crippen LogP contribution in [0.25, 0.3) is 56.4 Å². The molecule has 1 aliphatic carbocycles. The van der Waals surface area contributed by atoms with Crippen molar-refractivity contribution in [2.75, 3.05) is 9.80 Å². The summed E-state index contributed by atoms with van der Waals surface area (Å²) < 4.78 is 0. The van der Waals surface area contributed by atoms with Gasteiger partial charge < -0.3 is 9.80 Å². The van der Waals surface area contributed by atoms with E-state index in [2.05, 4.69) is 246 Å². The van der Waals surface area contributed by atoms with Crippen LogP contribution in [-0.4, -0.2) is 15.0 Å². The van der Waals surface area contributed by atoms with Gasteiger partial charge in [0, 0.05) is 47.6 Å². The molecule has 0 saturated carbocycles. The molecular weight excluding hydrogens is 915 g/mol. The van der Waals surface area contributed by atoms with Gasteiger partial charge in [0.25, 0.3) is 0 Å². The maximum absolute atomic E-state index is 5.35. The molecule has 14 rings (SSSR count). The van der Waals surface area contributed by atoms with Gasteiger partial charge in [-0.25, -0.2) is 15.0 Å². The Morgan fingerprint density at radius 2 is 0.583 bits per heavy atom. The van der Waals surface area contributed by atoms with E-state index >= 15 is 0 Å². The standard InChI is InChI=1S/C65H43N5S2/c1-4-18-51-44(15-1)39-45-16-2-6-20-53(45)54-38-33-47(41-48(54)40-46-17-3-5-19-52(46)51)65-67-63(42-29-34-49(35-30-42)69-55-21-7-11-25-59(55)71-60-26-12-8-22-56(60)69)66-64(68-65)43-31-36-50(37-32-43)70-57-23-9-13-27-61(57)72-62-28-14-10-24-58(62)70/h1-38,41H,39-40H2. The van der Waals surface area contributed by atoms with Crippen LogP contribution < -0.4 is 9.80 Å². The Balaban J connectivity index is 0.904. The van der Waals surface area contributed by atoms with Crippen molar-refractivity contribution in [3.8, 4) is 56.4 Å². The van der Waals surface area contributed by atoms with Crippen LogP contribution in [0.3, 0.4) is 0 Å². The van der Waals surface area contributed by atoms with Gasteiger partial charge >= 0.3 is 0 Å². The quantitative estimate of drug-likeness (QED) is 0.170. The van der Waals surface area contributed by atoms with E-state index in [9.17, 15) is 0 Å². The third-order valence-electron chi connectivity index (χ3n) is 14.0. The third-order valence-corrected chi connectivity index (χ3v) is 16.3. The minimum atomic E-state index is 0.615. The molecule has 0 N–H and O–H groups in total. The van der Waals surface area contributed by atoms with Crippen LogP contribution in [0.1, 0.15) is 22.3 Å². The van der Waals surface area contributed by atoms with E-state index in [1.54, 1.807) is 0 Å². The highest BCUT2D eigenvalue weighted by molar-refractivity contribution is 8.00. The Labute approximate surface area is 427 Å². The molecule has 0 radical (unpaired) electrons. The average molecular weight is 958 g/mol. The second-order valence-electron chi connectivity index (χ2n) is 18.3. The first-order chi connectivity index (χ1) is 35.7. The largest absolute Gasteiger partial charge is 0.308 e. The van der Waals surface area contributed by atoms with E-state index in [0.717, 1.165) is 63.7 Å². The zero-order valence-electron chi connectivity index (χ0n) is 39.0. The SMILES string of the molecule is c1ccc2c(c1)Cc1ccccc1-c1ccc(-c3nc(-c4ccc(N5c6ccccc6Sc6ccccc65)cc4)nc(-c4ccc(N5c6ccccc6Sc6ccccc65)cc4)n3)cc1Cc1ccccc1-2. The summed E-state index contributed by atoms with van der Waals surface area (Å²) >= 11 is 3.63. The van der Waals surface area contributed by atoms with Crippen LogP contribution in [0.5, 0.6) is 0 Å². The molecule has 0 unspecified atom stereocenters. The number of aromatic nitrogens is 3. The molecule has 0 spiro atoms. The predicted octanol–water partition coefficient (Wildman–Crippen LogP) is 17.6. The second-order valence-corrected chi connectivity index (χ2v) is 20.5. The van der Waals surface area contributed by atoms with Gasteiger partial charge in [0.15, 0.2) is 17.5 Å². The Hall–Kier alpha value is -8.49. The average Bonchev–Trinajstić information content (AvgIpc) is 3.44. The molecule has 340 valence electrons. The van der Waals surface area contributed by atoms with E-state index in [1.165, 1.54) is 64.1 Å². The fourth-order valence-electron chi connectivity index (χ4n) is 10.6. The fraction of sp³-hybridized carbons (Fsp3) is 0.0308. The minimum Gasteiger partial charge on any atom is -0.308 e. The lowest BCUT2D eigenvalue weighted by Crippen LogP contribution is -2.14. The van der Waals surface area contributed by atoms with Crippen LogP contribution in [0.2, 0.25) is 0 Å². The molecule has 72 heavy (non-hydrogen) atoms. The number of anilines is 6. The van der Waals surface area contributed by atoms with Crippen LogP contribution in [-0.2, 0) is 12.8 Å². The van der Waals surface area contributed by atoms with Gasteiger partial charge in [0.1, 0.15) is 0 Å². The predicted molar refractivity (Wildman–Crippen MR) is 297 cm³/mol. The highest BCUT2D eigenvalue weighted by atomic mass is 32.2. The number of fused-ring (bicyclic) bond motifs is 10. The lowest BCUT2D eigenvalue weighted by atomic mass is 9.83. The maximum Gasteiger partial charge on any atom is 0.164 e. The summed E-state index contributed by atoms with van der Waals surface area (Å²) in [6.07, 6.45) is 1.59. The van der Waals surface area contributed by atoms with Gasteiger partial charge in [-0.3, -0.25) is 0 Å². The first kappa shape index (κ1) is 42.4. The molecule has 2 aliphatic heterocycles. The zero-order chi connectivity index (χ0) is 47.5. The Kier molecular flexibility index (Phi) is 10.4. The molecule has 0 amide bonds. The van der Waals surface area contributed by atoms with Gasteiger partial charge in [0.2, 0.25) is 0 Å². The smallest absolute Gasteiger partial charge is 0.164 e. The van der Waals surface area contributed by atoms with Gasteiger partial charge in [-0.2, -0.15) is 0 Å². The summed E-state index contributed by atoms with van der Waals surface area (Å²) in [6, 6.07) is 85.3. The van der Waals surface area contributed by atoms with Crippen LogP contribution >= 0.6 is 23.5 Å². The zero-order valence-corrected chi connectivity index (χ0v) is 40.6. The fourth-order valence-corrected chi connectivity index (χ4v) is 12.7. The molecule has 3 heterocycles. The van der Waals surface area contributed by atoms with Crippen LogP contribution in [0, 0.1) is 0 Å². The summed E-state index contributed by atoms with van der Waals surface area (Å²) in [5.41, 5.74) is 19.7. The van der Waals surface area contributed by atoms with Crippen molar-refractivity contribution in [3.05, 3.63) is 259 Å². The Morgan fingerprint density at radius 1 is 0.278 bits per heavy atom.